The summed E-state index contributed by atoms with van der Waals surface area (Å²) in [7, 11) is 0. The van der Waals surface area contributed by atoms with E-state index in [4.69, 9.17) is 0 Å². The Kier molecular flexibility index (Phi) is 4.81. The van der Waals surface area contributed by atoms with Crippen molar-refractivity contribution in [2.24, 2.45) is 0 Å². The highest BCUT2D eigenvalue weighted by Gasteiger charge is 2.22. The van der Waals surface area contributed by atoms with E-state index < -0.39 is 0 Å². The maximum atomic E-state index is 9.66. The van der Waals surface area contributed by atoms with Crippen LogP contribution in [-0.4, -0.2) is 41.0 Å². The summed E-state index contributed by atoms with van der Waals surface area (Å²) in [6.45, 7) is 10.9. The summed E-state index contributed by atoms with van der Waals surface area (Å²) in [5.41, 5.74) is 6.22. The van der Waals surface area contributed by atoms with Crippen LogP contribution in [0.1, 0.15) is 27.4 Å². The van der Waals surface area contributed by atoms with Crippen molar-refractivity contribution < 1.29 is 0 Å². The van der Waals surface area contributed by atoms with Gasteiger partial charge in [-0.1, -0.05) is 11.6 Å². The number of hydrogen-bond acceptors (Lipinski definition) is 6. The van der Waals surface area contributed by atoms with Gasteiger partial charge in [0.15, 0.2) is 0 Å². The Morgan fingerprint density at radius 3 is 2.59 bits per heavy atom. The predicted octanol–water partition coefficient (Wildman–Crippen LogP) is 3.81. The van der Waals surface area contributed by atoms with Gasteiger partial charge in [0.25, 0.3) is 0 Å². The number of thiazole rings is 1. The molecule has 1 aliphatic rings. The SMILES string of the molecule is Cc1cc(C)c2ncc(C#N)c(N3CCN(Cc4csc(C)n4)CC3)c2c1. The molecule has 0 unspecified atom stereocenters. The number of rotatable bonds is 3. The van der Waals surface area contributed by atoms with E-state index in [1.54, 1.807) is 17.5 Å². The molecule has 3 heterocycles. The van der Waals surface area contributed by atoms with E-state index in [2.05, 4.69) is 57.2 Å². The lowest BCUT2D eigenvalue weighted by Crippen LogP contribution is -2.46. The van der Waals surface area contributed by atoms with Crippen LogP contribution in [0.2, 0.25) is 0 Å². The van der Waals surface area contributed by atoms with Crippen molar-refractivity contribution in [3.05, 3.63) is 51.1 Å². The summed E-state index contributed by atoms with van der Waals surface area (Å²) in [4.78, 5) is 13.9. The van der Waals surface area contributed by atoms with Crippen molar-refractivity contribution in [3.63, 3.8) is 0 Å². The Labute approximate surface area is 163 Å². The van der Waals surface area contributed by atoms with Crippen LogP contribution in [0.5, 0.6) is 0 Å². The van der Waals surface area contributed by atoms with Crippen molar-refractivity contribution >= 4 is 27.9 Å². The van der Waals surface area contributed by atoms with Gasteiger partial charge in [0, 0.05) is 49.7 Å². The number of anilines is 1. The van der Waals surface area contributed by atoms with Gasteiger partial charge in [0.05, 0.1) is 27.5 Å². The lowest BCUT2D eigenvalue weighted by molar-refractivity contribution is 0.247. The third kappa shape index (κ3) is 3.53. The van der Waals surface area contributed by atoms with Crippen molar-refractivity contribution in [2.75, 3.05) is 31.1 Å². The lowest BCUT2D eigenvalue weighted by atomic mass is 10.0. The minimum atomic E-state index is 0.663. The van der Waals surface area contributed by atoms with Crippen molar-refractivity contribution in [1.29, 1.82) is 5.26 Å². The normalized spacial score (nSPS) is 15.3. The number of fused-ring (bicyclic) bond motifs is 1. The minimum absolute atomic E-state index is 0.663. The van der Waals surface area contributed by atoms with Crippen LogP contribution in [0.15, 0.2) is 23.7 Å². The monoisotopic (exact) mass is 377 g/mol. The first-order valence-corrected chi connectivity index (χ1v) is 10.1. The molecular formula is C21H23N5S. The minimum Gasteiger partial charge on any atom is -0.367 e. The number of pyridine rings is 1. The number of aryl methyl sites for hydroxylation is 3. The molecule has 27 heavy (non-hydrogen) atoms. The van der Waals surface area contributed by atoms with E-state index in [9.17, 15) is 5.26 Å². The quantitative estimate of drug-likeness (QED) is 0.695. The average molecular weight is 378 g/mol. The molecule has 6 heteroatoms. The zero-order valence-electron chi connectivity index (χ0n) is 16.0. The summed E-state index contributed by atoms with van der Waals surface area (Å²) >= 11 is 1.71. The van der Waals surface area contributed by atoms with E-state index >= 15 is 0 Å². The summed E-state index contributed by atoms with van der Waals surface area (Å²) in [5, 5.41) is 14.0. The topological polar surface area (TPSA) is 56.1 Å². The van der Waals surface area contributed by atoms with E-state index in [1.807, 2.05) is 6.92 Å². The standard InChI is InChI=1S/C21H23N5S/c1-14-8-15(2)20-19(9-14)21(17(10-22)11-23-20)26-6-4-25(5-7-26)12-18-13-27-16(3)24-18/h8-9,11,13H,4-7,12H2,1-3H3. The van der Waals surface area contributed by atoms with Crippen LogP contribution < -0.4 is 4.90 Å². The molecule has 0 N–H and O–H groups in total. The van der Waals surface area contributed by atoms with Crippen LogP contribution in [-0.2, 0) is 6.54 Å². The molecule has 3 aromatic rings. The number of hydrogen-bond donors (Lipinski definition) is 0. The summed E-state index contributed by atoms with van der Waals surface area (Å²) in [6.07, 6.45) is 1.73. The lowest BCUT2D eigenvalue weighted by Gasteiger charge is -2.36. The zero-order valence-corrected chi connectivity index (χ0v) is 16.8. The molecule has 0 bridgehead atoms. The summed E-state index contributed by atoms with van der Waals surface area (Å²) in [5.74, 6) is 0. The van der Waals surface area contributed by atoms with Gasteiger partial charge in [-0.25, -0.2) is 4.98 Å². The fraction of sp³-hybridized carbons (Fsp3) is 0.381. The molecule has 0 spiro atoms. The molecule has 4 rings (SSSR count). The first-order valence-electron chi connectivity index (χ1n) is 9.23. The van der Waals surface area contributed by atoms with Gasteiger partial charge < -0.3 is 4.90 Å². The van der Waals surface area contributed by atoms with Crippen LogP contribution >= 0.6 is 11.3 Å². The molecule has 1 aliphatic heterocycles. The molecule has 0 aliphatic carbocycles. The highest BCUT2D eigenvalue weighted by Crippen LogP contribution is 2.32. The number of benzene rings is 1. The van der Waals surface area contributed by atoms with Crippen LogP contribution in [0.4, 0.5) is 5.69 Å². The molecule has 138 valence electrons. The largest absolute Gasteiger partial charge is 0.367 e. The number of aromatic nitrogens is 2. The van der Waals surface area contributed by atoms with E-state index in [1.165, 1.54) is 5.56 Å². The van der Waals surface area contributed by atoms with Crippen LogP contribution in [0.3, 0.4) is 0 Å². The summed E-state index contributed by atoms with van der Waals surface area (Å²) in [6, 6.07) is 6.67. The van der Waals surface area contributed by atoms with Gasteiger partial charge in [-0.3, -0.25) is 9.88 Å². The maximum absolute atomic E-state index is 9.66. The molecule has 1 aromatic carbocycles. The highest BCUT2D eigenvalue weighted by molar-refractivity contribution is 7.09. The van der Waals surface area contributed by atoms with Crippen molar-refractivity contribution in [2.45, 2.75) is 27.3 Å². The van der Waals surface area contributed by atoms with Crippen molar-refractivity contribution in [1.82, 2.24) is 14.9 Å². The second kappa shape index (κ2) is 7.26. The Morgan fingerprint density at radius 1 is 1.15 bits per heavy atom. The van der Waals surface area contributed by atoms with E-state index in [0.29, 0.717) is 5.56 Å². The average Bonchev–Trinajstić information content (AvgIpc) is 3.06. The van der Waals surface area contributed by atoms with Gasteiger partial charge in [-0.05, 0) is 32.4 Å². The predicted molar refractivity (Wildman–Crippen MR) is 110 cm³/mol. The molecular weight excluding hydrogens is 354 g/mol. The Morgan fingerprint density at radius 2 is 1.93 bits per heavy atom. The molecule has 2 aromatic heterocycles. The Bertz CT molecular complexity index is 1020. The van der Waals surface area contributed by atoms with E-state index in [0.717, 1.165) is 65.6 Å². The number of nitriles is 1. The fourth-order valence-electron chi connectivity index (χ4n) is 3.91. The summed E-state index contributed by atoms with van der Waals surface area (Å²) < 4.78 is 0. The third-order valence-electron chi connectivity index (χ3n) is 5.14. The molecule has 1 saturated heterocycles. The molecule has 0 radical (unpaired) electrons. The second-order valence-corrected chi connectivity index (χ2v) is 8.29. The molecule has 5 nitrogen and oxygen atoms in total. The smallest absolute Gasteiger partial charge is 0.103 e. The van der Waals surface area contributed by atoms with Gasteiger partial charge >= 0.3 is 0 Å². The maximum Gasteiger partial charge on any atom is 0.103 e. The van der Waals surface area contributed by atoms with Crippen LogP contribution in [0.25, 0.3) is 10.9 Å². The number of nitrogens with zero attached hydrogens (tertiary/aromatic N) is 5. The Hall–Kier alpha value is -2.49. The van der Waals surface area contributed by atoms with Gasteiger partial charge in [-0.15, -0.1) is 11.3 Å². The second-order valence-electron chi connectivity index (χ2n) is 7.23. The molecule has 0 amide bonds. The Balaban J connectivity index is 1.61. The van der Waals surface area contributed by atoms with Gasteiger partial charge in [0.2, 0.25) is 0 Å². The number of piperazine rings is 1. The van der Waals surface area contributed by atoms with Gasteiger partial charge in [0.1, 0.15) is 6.07 Å². The molecule has 1 fully saturated rings. The highest BCUT2D eigenvalue weighted by atomic mass is 32.1. The van der Waals surface area contributed by atoms with Crippen LogP contribution in [0, 0.1) is 32.1 Å². The zero-order chi connectivity index (χ0) is 19.0. The van der Waals surface area contributed by atoms with Crippen molar-refractivity contribution in [3.8, 4) is 6.07 Å². The first kappa shape index (κ1) is 17.9. The van der Waals surface area contributed by atoms with E-state index in [-0.39, 0.29) is 0 Å². The first-order chi connectivity index (χ1) is 13.0. The fourth-order valence-corrected chi connectivity index (χ4v) is 4.51. The molecule has 0 atom stereocenters. The third-order valence-corrected chi connectivity index (χ3v) is 5.96. The van der Waals surface area contributed by atoms with Gasteiger partial charge in [-0.2, -0.15) is 5.26 Å². The molecule has 0 saturated carbocycles.